The maximum atomic E-state index is 12.4. The minimum Gasteiger partial charge on any atom is -0.493 e. The van der Waals surface area contributed by atoms with Gasteiger partial charge in [0, 0.05) is 12.5 Å². The lowest BCUT2D eigenvalue weighted by atomic mass is 9.96. The highest BCUT2D eigenvalue weighted by molar-refractivity contribution is 6.32. The summed E-state index contributed by atoms with van der Waals surface area (Å²) >= 11 is 6.12. The monoisotopic (exact) mass is 419 g/mol. The van der Waals surface area contributed by atoms with Crippen molar-refractivity contribution in [3.8, 4) is 11.5 Å². The molecule has 7 heteroatoms. The standard InChI is InChI=1S/C22H26ClNO5/c1-5-15(16-9-7-6-8-10-16)13-24-21(25)14(2)29-22(26)17-11-18(23)20(28-4)19(12-17)27-3/h6-12,14-15H,5,13H2,1-4H3,(H,24,25)/t14-,15-/m1/s1. The minimum absolute atomic E-state index is 0.169. The van der Waals surface area contributed by atoms with Crippen LogP contribution >= 0.6 is 11.6 Å². The van der Waals surface area contributed by atoms with Crippen LogP contribution < -0.4 is 14.8 Å². The molecule has 29 heavy (non-hydrogen) atoms. The summed E-state index contributed by atoms with van der Waals surface area (Å²) in [5, 5.41) is 3.07. The summed E-state index contributed by atoms with van der Waals surface area (Å²) in [5.74, 6) is -0.224. The molecule has 2 rings (SSSR count). The Kier molecular flexibility index (Phi) is 8.34. The van der Waals surface area contributed by atoms with E-state index in [0.717, 1.165) is 12.0 Å². The molecule has 0 unspecified atom stereocenters. The van der Waals surface area contributed by atoms with Gasteiger partial charge < -0.3 is 19.5 Å². The van der Waals surface area contributed by atoms with Crippen LogP contribution in [0.15, 0.2) is 42.5 Å². The van der Waals surface area contributed by atoms with Gasteiger partial charge in [-0.3, -0.25) is 4.79 Å². The average molecular weight is 420 g/mol. The fraction of sp³-hybridized carbons (Fsp3) is 0.364. The second-order valence-electron chi connectivity index (χ2n) is 6.50. The number of carbonyl (C=O) groups is 2. The first-order chi connectivity index (χ1) is 13.9. The van der Waals surface area contributed by atoms with E-state index in [4.69, 9.17) is 25.8 Å². The van der Waals surface area contributed by atoms with E-state index in [1.165, 1.54) is 33.3 Å². The zero-order chi connectivity index (χ0) is 21.4. The third-order valence-corrected chi connectivity index (χ3v) is 4.89. The van der Waals surface area contributed by atoms with Crippen LogP contribution in [0, 0.1) is 0 Å². The van der Waals surface area contributed by atoms with E-state index < -0.39 is 12.1 Å². The molecule has 1 N–H and O–H groups in total. The van der Waals surface area contributed by atoms with Gasteiger partial charge >= 0.3 is 5.97 Å². The number of hydrogen-bond acceptors (Lipinski definition) is 5. The number of amides is 1. The Morgan fingerprint density at radius 1 is 1.10 bits per heavy atom. The summed E-state index contributed by atoms with van der Waals surface area (Å²) < 4.78 is 15.6. The number of halogens is 1. The molecule has 6 nitrogen and oxygen atoms in total. The lowest BCUT2D eigenvalue weighted by Crippen LogP contribution is -2.38. The van der Waals surface area contributed by atoms with E-state index in [9.17, 15) is 9.59 Å². The number of carbonyl (C=O) groups excluding carboxylic acids is 2. The van der Waals surface area contributed by atoms with Gasteiger partial charge in [-0.05, 0) is 31.0 Å². The molecular formula is C22H26ClNO5. The first-order valence-electron chi connectivity index (χ1n) is 9.36. The summed E-state index contributed by atoms with van der Waals surface area (Å²) in [6.45, 7) is 4.05. The number of hydrogen-bond donors (Lipinski definition) is 1. The lowest BCUT2D eigenvalue weighted by Gasteiger charge is -2.19. The molecule has 0 aliphatic heterocycles. The Morgan fingerprint density at radius 2 is 1.79 bits per heavy atom. The molecular weight excluding hydrogens is 394 g/mol. The Morgan fingerprint density at radius 3 is 2.38 bits per heavy atom. The minimum atomic E-state index is -0.956. The van der Waals surface area contributed by atoms with Crippen LogP contribution in [0.3, 0.4) is 0 Å². The van der Waals surface area contributed by atoms with Gasteiger partial charge in [0.25, 0.3) is 5.91 Å². The van der Waals surface area contributed by atoms with Crippen LogP contribution in [-0.4, -0.2) is 38.7 Å². The Balaban J connectivity index is 1.98. The molecule has 0 radical (unpaired) electrons. The second-order valence-corrected chi connectivity index (χ2v) is 6.91. The third-order valence-electron chi connectivity index (χ3n) is 4.61. The number of ether oxygens (including phenoxy) is 3. The molecule has 0 saturated carbocycles. The van der Waals surface area contributed by atoms with E-state index >= 15 is 0 Å². The van der Waals surface area contributed by atoms with Gasteiger partial charge in [0.1, 0.15) is 0 Å². The largest absolute Gasteiger partial charge is 0.493 e. The van der Waals surface area contributed by atoms with Crippen molar-refractivity contribution in [2.45, 2.75) is 32.3 Å². The summed E-state index contributed by atoms with van der Waals surface area (Å²) in [4.78, 5) is 24.8. The number of rotatable bonds is 9. The van der Waals surface area contributed by atoms with Crippen molar-refractivity contribution in [2.75, 3.05) is 20.8 Å². The van der Waals surface area contributed by atoms with Crippen LogP contribution in [0.4, 0.5) is 0 Å². The molecule has 1 amide bonds. The normalized spacial score (nSPS) is 12.6. The highest BCUT2D eigenvalue weighted by Gasteiger charge is 2.22. The molecule has 2 aromatic carbocycles. The number of benzene rings is 2. The van der Waals surface area contributed by atoms with Crippen LogP contribution in [-0.2, 0) is 9.53 Å². The number of nitrogens with one attached hydrogen (secondary N) is 1. The van der Waals surface area contributed by atoms with Crippen molar-refractivity contribution in [1.82, 2.24) is 5.32 Å². The smallest absolute Gasteiger partial charge is 0.339 e. The fourth-order valence-electron chi connectivity index (χ4n) is 2.91. The third kappa shape index (κ3) is 5.87. The van der Waals surface area contributed by atoms with Crippen molar-refractivity contribution >= 4 is 23.5 Å². The van der Waals surface area contributed by atoms with E-state index in [2.05, 4.69) is 12.2 Å². The maximum Gasteiger partial charge on any atom is 0.339 e. The zero-order valence-corrected chi connectivity index (χ0v) is 17.8. The van der Waals surface area contributed by atoms with Crippen LogP contribution in [0.5, 0.6) is 11.5 Å². The second kappa shape index (κ2) is 10.7. The fourth-order valence-corrected chi connectivity index (χ4v) is 3.20. The number of esters is 1. The van der Waals surface area contributed by atoms with Crippen molar-refractivity contribution in [1.29, 1.82) is 0 Å². The predicted molar refractivity (Wildman–Crippen MR) is 112 cm³/mol. The molecule has 0 aliphatic rings. The van der Waals surface area contributed by atoms with Crippen molar-refractivity contribution in [3.63, 3.8) is 0 Å². The highest BCUT2D eigenvalue weighted by Crippen LogP contribution is 2.36. The van der Waals surface area contributed by atoms with Gasteiger partial charge in [-0.25, -0.2) is 4.79 Å². The molecule has 0 spiro atoms. The first kappa shape index (κ1) is 22.6. The van der Waals surface area contributed by atoms with E-state index in [1.54, 1.807) is 0 Å². The van der Waals surface area contributed by atoms with Gasteiger partial charge in [0.2, 0.25) is 0 Å². The molecule has 156 valence electrons. The quantitative estimate of drug-likeness (QED) is 0.616. The molecule has 0 heterocycles. The van der Waals surface area contributed by atoms with Crippen LogP contribution in [0.1, 0.15) is 42.1 Å². The summed E-state index contributed by atoms with van der Waals surface area (Å²) in [6.07, 6.45) is -0.0783. The molecule has 0 saturated heterocycles. The topological polar surface area (TPSA) is 73.9 Å². The van der Waals surface area contributed by atoms with Gasteiger partial charge in [0.05, 0.1) is 24.8 Å². The average Bonchev–Trinajstić information content (AvgIpc) is 2.73. The summed E-state index contributed by atoms with van der Waals surface area (Å²) in [6, 6.07) is 12.8. The van der Waals surface area contributed by atoms with Crippen molar-refractivity contribution < 1.29 is 23.8 Å². The molecule has 0 bridgehead atoms. The molecule has 0 aromatic heterocycles. The molecule has 0 fully saturated rings. The molecule has 0 aliphatic carbocycles. The molecule has 2 aromatic rings. The Bertz CT molecular complexity index is 841. The van der Waals surface area contributed by atoms with Gasteiger partial charge in [-0.15, -0.1) is 0 Å². The van der Waals surface area contributed by atoms with Crippen molar-refractivity contribution in [3.05, 3.63) is 58.6 Å². The SMILES string of the molecule is CC[C@H](CNC(=O)[C@@H](C)OC(=O)c1cc(Cl)c(OC)c(OC)c1)c1ccccc1. The van der Waals surface area contributed by atoms with Gasteiger partial charge in [-0.2, -0.15) is 0 Å². The predicted octanol–water partition coefficient (Wildman–Crippen LogP) is 4.21. The molecule has 2 atom stereocenters. The zero-order valence-electron chi connectivity index (χ0n) is 17.0. The Hall–Kier alpha value is -2.73. The van der Waals surface area contributed by atoms with Crippen LogP contribution in [0.2, 0.25) is 5.02 Å². The summed E-state index contributed by atoms with van der Waals surface area (Å²) in [7, 11) is 2.89. The van der Waals surface area contributed by atoms with Crippen LogP contribution in [0.25, 0.3) is 0 Å². The van der Waals surface area contributed by atoms with E-state index in [0.29, 0.717) is 18.0 Å². The van der Waals surface area contributed by atoms with E-state index in [1.807, 2.05) is 30.3 Å². The lowest BCUT2D eigenvalue weighted by molar-refractivity contribution is -0.129. The van der Waals surface area contributed by atoms with Gasteiger partial charge in [-0.1, -0.05) is 48.9 Å². The first-order valence-corrected chi connectivity index (χ1v) is 9.74. The Labute approximate surface area is 176 Å². The number of methoxy groups -OCH3 is 2. The van der Waals surface area contributed by atoms with E-state index in [-0.39, 0.29) is 22.4 Å². The summed E-state index contributed by atoms with van der Waals surface area (Å²) in [5.41, 5.74) is 1.32. The maximum absolute atomic E-state index is 12.4. The van der Waals surface area contributed by atoms with Crippen molar-refractivity contribution in [2.24, 2.45) is 0 Å². The van der Waals surface area contributed by atoms with Gasteiger partial charge in [0.15, 0.2) is 17.6 Å². The highest BCUT2D eigenvalue weighted by atomic mass is 35.5.